The number of carbonyl (C=O) groups excluding carboxylic acids is 3. The molecule has 5 rings (SSSR count). The minimum Gasteiger partial charge on any atom is -0.508 e. The van der Waals surface area contributed by atoms with E-state index in [0.29, 0.717) is 12.0 Å². The molecule has 0 aromatic heterocycles. The lowest BCUT2D eigenvalue weighted by atomic mass is 9.59. The van der Waals surface area contributed by atoms with Crippen LogP contribution in [0.5, 0.6) is 5.75 Å². The molecule has 0 radical (unpaired) electrons. The molecule has 1 aromatic rings. The monoisotopic (exact) mass is 476 g/mol. The van der Waals surface area contributed by atoms with Gasteiger partial charge in [0.1, 0.15) is 22.8 Å². The number of rotatable bonds is 3. The van der Waals surface area contributed by atoms with Crippen molar-refractivity contribution in [3.8, 4) is 5.75 Å². The number of aliphatic hydroxyl groups excluding tert-OH is 2. The van der Waals surface area contributed by atoms with E-state index in [-0.39, 0.29) is 36.1 Å². The van der Waals surface area contributed by atoms with Crippen LogP contribution < -0.4 is 5.73 Å². The molecule has 1 fully saturated rings. The Labute approximate surface area is 200 Å². The van der Waals surface area contributed by atoms with Gasteiger partial charge in [0.25, 0.3) is 5.91 Å². The number of benzene rings is 1. The first-order valence-electron chi connectivity index (χ1n) is 11.3. The number of aliphatic hydroxyl groups is 3. The summed E-state index contributed by atoms with van der Waals surface area (Å²) in [6, 6.07) is 3.13. The molecule has 1 amide bonds. The van der Waals surface area contributed by atoms with Crippen molar-refractivity contribution in [2.24, 2.45) is 22.6 Å². The highest BCUT2D eigenvalue weighted by Gasteiger charge is 2.60. The lowest BCUT2D eigenvalue weighted by Gasteiger charge is -2.46. The van der Waals surface area contributed by atoms with Crippen LogP contribution in [0.15, 0.2) is 51.4 Å². The molecular weight excluding hydrogens is 452 g/mol. The molecule has 0 saturated heterocycles. The summed E-state index contributed by atoms with van der Waals surface area (Å²) in [6.07, 6.45) is 6.31. The van der Waals surface area contributed by atoms with Crippen molar-refractivity contribution < 1.29 is 34.8 Å². The molecule has 1 aliphatic heterocycles. The zero-order valence-corrected chi connectivity index (χ0v) is 18.9. The Morgan fingerprint density at radius 1 is 1.17 bits per heavy atom. The number of primary amides is 1. The topological polar surface area (TPSA) is 171 Å². The molecule has 9 heteroatoms. The van der Waals surface area contributed by atoms with E-state index in [0.717, 1.165) is 16.8 Å². The van der Waals surface area contributed by atoms with Crippen LogP contribution in [0.25, 0.3) is 11.8 Å². The highest BCUT2D eigenvalue weighted by atomic mass is 16.3. The average molecular weight is 476 g/mol. The van der Waals surface area contributed by atoms with E-state index >= 15 is 0 Å². The van der Waals surface area contributed by atoms with Crippen molar-refractivity contribution >= 4 is 35.5 Å². The largest absolute Gasteiger partial charge is 0.508 e. The van der Waals surface area contributed by atoms with Gasteiger partial charge < -0.3 is 26.2 Å². The van der Waals surface area contributed by atoms with Crippen molar-refractivity contribution in [1.82, 2.24) is 0 Å². The van der Waals surface area contributed by atoms with Gasteiger partial charge in [0, 0.05) is 36.2 Å². The van der Waals surface area contributed by atoms with Gasteiger partial charge in [0.2, 0.25) is 5.78 Å². The number of Topliss-reactive ketones (excluding diaryl/α,β-unsaturated/α-hetero) is 2. The quantitative estimate of drug-likeness (QED) is 0.416. The summed E-state index contributed by atoms with van der Waals surface area (Å²) in [7, 11) is 0. The number of aromatic hydroxyl groups is 1. The number of nitrogens with zero attached hydrogens (tertiary/aromatic N) is 1. The Kier molecular flexibility index (Phi) is 5.06. The minimum absolute atomic E-state index is 0.0765. The summed E-state index contributed by atoms with van der Waals surface area (Å²) >= 11 is 0. The summed E-state index contributed by atoms with van der Waals surface area (Å²) in [5.41, 5.74) is 5.07. The third kappa shape index (κ3) is 3.19. The first kappa shape index (κ1) is 22.8. The standard InChI is InChI=1S/C26H24N2O7/c1-11-12(6-7-28-11)2-3-13-4-5-17(29)20-16(13)9-14-8-15-10-18(30)21(25(27)34)24(33)26(15,35)23(32)19(14)22(20)31/h2-5,7,14-15,29,31,33,35H,6,8-10H2,1H3,(H2,27,34)/b3-2+/t14-,15+,26+/m1/s1. The Morgan fingerprint density at radius 2 is 1.91 bits per heavy atom. The molecular formula is C26H24N2O7. The van der Waals surface area contributed by atoms with Gasteiger partial charge in [0.15, 0.2) is 11.4 Å². The van der Waals surface area contributed by atoms with Gasteiger partial charge in [-0.3, -0.25) is 19.4 Å². The predicted molar refractivity (Wildman–Crippen MR) is 126 cm³/mol. The number of carbonyl (C=O) groups is 3. The molecule has 1 aromatic carbocycles. The van der Waals surface area contributed by atoms with E-state index in [4.69, 9.17) is 5.73 Å². The number of hydrogen-bond acceptors (Lipinski definition) is 8. The highest BCUT2D eigenvalue weighted by Crippen LogP contribution is 2.52. The van der Waals surface area contributed by atoms with Crippen LogP contribution in [-0.2, 0) is 20.8 Å². The number of fused-ring (bicyclic) bond motifs is 3. The van der Waals surface area contributed by atoms with Crippen molar-refractivity contribution in [3.05, 3.63) is 63.1 Å². The number of phenols is 1. The normalized spacial score (nSPS) is 28.1. The number of allylic oxidation sites excluding steroid dienone is 3. The second-order valence-corrected chi connectivity index (χ2v) is 9.39. The zero-order chi connectivity index (χ0) is 25.2. The van der Waals surface area contributed by atoms with Crippen molar-refractivity contribution in [3.63, 3.8) is 0 Å². The lowest BCUT2D eigenvalue weighted by molar-refractivity contribution is -0.147. The Bertz CT molecular complexity index is 1380. The maximum Gasteiger partial charge on any atom is 0.255 e. The molecule has 180 valence electrons. The van der Waals surface area contributed by atoms with E-state index in [2.05, 4.69) is 4.99 Å². The van der Waals surface area contributed by atoms with E-state index in [1.54, 1.807) is 6.07 Å². The fraction of sp³-hybridized carbons (Fsp3) is 0.308. The van der Waals surface area contributed by atoms with E-state index in [1.807, 2.05) is 25.3 Å². The third-order valence-electron chi connectivity index (χ3n) is 7.51. The number of nitrogens with two attached hydrogens (primary N) is 1. The smallest absolute Gasteiger partial charge is 0.255 e. The van der Waals surface area contributed by atoms with Gasteiger partial charge in [-0.2, -0.15) is 0 Å². The first-order chi connectivity index (χ1) is 16.6. The van der Waals surface area contributed by atoms with E-state index in [1.165, 1.54) is 6.07 Å². The Balaban J connectivity index is 1.63. The molecule has 9 nitrogen and oxygen atoms in total. The molecule has 1 heterocycles. The third-order valence-corrected chi connectivity index (χ3v) is 7.51. The van der Waals surface area contributed by atoms with Crippen LogP contribution in [0.4, 0.5) is 0 Å². The number of phenolic OH excluding ortho intramolecular Hbond substituents is 1. The maximum atomic E-state index is 13.5. The number of ketones is 2. The summed E-state index contributed by atoms with van der Waals surface area (Å²) in [6.45, 7) is 1.91. The minimum atomic E-state index is -2.56. The molecule has 0 unspecified atom stereocenters. The van der Waals surface area contributed by atoms with Crippen molar-refractivity contribution in [1.29, 1.82) is 0 Å². The van der Waals surface area contributed by atoms with Crippen LogP contribution in [-0.4, -0.2) is 49.7 Å². The molecule has 1 saturated carbocycles. The summed E-state index contributed by atoms with van der Waals surface area (Å²) in [5, 5.41) is 43.6. The Hall–Kier alpha value is -3.98. The second-order valence-electron chi connectivity index (χ2n) is 9.39. The van der Waals surface area contributed by atoms with Crippen LogP contribution in [0.1, 0.15) is 42.9 Å². The van der Waals surface area contributed by atoms with E-state index < -0.39 is 52.0 Å². The summed E-state index contributed by atoms with van der Waals surface area (Å²) in [4.78, 5) is 41.9. The van der Waals surface area contributed by atoms with Gasteiger partial charge in [-0.15, -0.1) is 0 Å². The lowest BCUT2D eigenvalue weighted by Crippen LogP contribution is -2.58. The fourth-order valence-corrected chi connectivity index (χ4v) is 5.69. The van der Waals surface area contributed by atoms with Gasteiger partial charge in [-0.1, -0.05) is 18.2 Å². The SMILES string of the molecule is CC1=C(/C=C/c2ccc(O)c3c2C[C@H]2C[C@H]4CC(=O)C(C(N)=O)=C(O)[C@@]4(O)C(=O)C2=C3O)CC=N1. The van der Waals surface area contributed by atoms with E-state index in [9.17, 15) is 34.8 Å². The van der Waals surface area contributed by atoms with Crippen LogP contribution in [0.3, 0.4) is 0 Å². The summed E-state index contributed by atoms with van der Waals surface area (Å²) < 4.78 is 0. The second kappa shape index (κ2) is 7.78. The van der Waals surface area contributed by atoms with Gasteiger partial charge in [-0.05, 0) is 48.4 Å². The molecule has 0 bridgehead atoms. The van der Waals surface area contributed by atoms with Gasteiger partial charge in [0.05, 0.1) is 5.56 Å². The van der Waals surface area contributed by atoms with Gasteiger partial charge >= 0.3 is 0 Å². The number of aliphatic imine (C=N–C) groups is 1. The van der Waals surface area contributed by atoms with Crippen LogP contribution >= 0.6 is 0 Å². The van der Waals surface area contributed by atoms with Crippen molar-refractivity contribution in [2.45, 2.75) is 38.2 Å². The van der Waals surface area contributed by atoms with Gasteiger partial charge in [-0.25, -0.2) is 0 Å². The zero-order valence-electron chi connectivity index (χ0n) is 18.9. The highest BCUT2D eigenvalue weighted by molar-refractivity contribution is 6.22. The summed E-state index contributed by atoms with van der Waals surface area (Å²) in [5.74, 6) is -6.36. The molecule has 6 N–H and O–H groups in total. The molecule has 4 aliphatic rings. The molecule has 35 heavy (non-hydrogen) atoms. The molecule has 3 atom stereocenters. The first-order valence-corrected chi connectivity index (χ1v) is 11.3. The predicted octanol–water partition coefficient (Wildman–Crippen LogP) is 2.19. The maximum absolute atomic E-state index is 13.5. The molecule has 3 aliphatic carbocycles. The van der Waals surface area contributed by atoms with Crippen LogP contribution in [0.2, 0.25) is 0 Å². The molecule has 0 spiro atoms. The van der Waals surface area contributed by atoms with Crippen LogP contribution in [0, 0.1) is 11.8 Å². The fourth-order valence-electron chi connectivity index (χ4n) is 5.69. The Morgan fingerprint density at radius 3 is 2.57 bits per heavy atom. The van der Waals surface area contributed by atoms with Crippen molar-refractivity contribution in [2.75, 3.05) is 0 Å². The number of hydrogen-bond donors (Lipinski definition) is 5. The number of amides is 1. The average Bonchev–Trinajstić information content (AvgIpc) is 3.20.